The Bertz CT molecular complexity index is 320. The van der Waals surface area contributed by atoms with Crippen molar-refractivity contribution in [2.45, 2.75) is 18.7 Å². The smallest absolute Gasteiger partial charge is 0.411 e. The van der Waals surface area contributed by atoms with Gasteiger partial charge in [0, 0.05) is 19.0 Å². The summed E-state index contributed by atoms with van der Waals surface area (Å²) in [5, 5.41) is 0. The molecule has 0 saturated carbocycles. The molecule has 1 aliphatic rings. The third kappa shape index (κ3) is 2.97. The van der Waals surface area contributed by atoms with E-state index < -0.39 is 0 Å². The molecule has 16 heavy (non-hydrogen) atoms. The van der Waals surface area contributed by atoms with E-state index in [1.807, 2.05) is 12.1 Å². The van der Waals surface area contributed by atoms with Crippen LogP contribution in [-0.4, -0.2) is 20.3 Å². The van der Waals surface area contributed by atoms with Crippen LogP contribution < -0.4 is 0 Å². The van der Waals surface area contributed by atoms with Gasteiger partial charge in [0.05, 0.1) is 0 Å². The van der Waals surface area contributed by atoms with Crippen LogP contribution in [0.1, 0.15) is 12.0 Å². The summed E-state index contributed by atoms with van der Waals surface area (Å²) in [6.07, 6.45) is 3.85. The minimum atomic E-state index is -0.119. The fourth-order valence-corrected chi connectivity index (χ4v) is 1.93. The molecule has 0 radical (unpaired) electrons. The molecule has 1 aromatic rings. The highest BCUT2D eigenvalue weighted by molar-refractivity contribution is 6.47. The summed E-state index contributed by atoms with van der Waals surface area (Å²) in [4.78, 5) is 0. The summed E-state index contributed by atoms with van der Waals surface area (Å²) < 4.78 is 11.2. The Balaban J connectivity index is 1.97. The molecule has 2 rings (SSSR count). The second-order valence-corrected chi connectivity index (χ2v) is 4.05. The number of benzene rings is 1. The molecule has 0 aliphatic carbocycles. The van der Waals surface area contributed by atoms with Gasteiger partial charge in [0.1, 0.15) is 0 Å². The normalized spacial score (nSPS) is 18.1. The summed E-state index contributed by atoms with van der Waals surface area (Å²) in [6.45, 7) is 5.46. The third-order valence-corrected chi connectivity index (χ3v) is 2.82. The lowest BCUT2D eigenvalue weighted by molar-refractivity contribution is 0.129. The first kappa shape index (κ1) is 11.4. The lowest BCUT2D eigenvalue weighted by atomic mass is 9.68. The number of hydrogen-bond donors (Lipinski definition) is 0. The SMILES string of the molecule is C=CC(Cc1ccccc1)B1OCCCO1. The van der Waals surface area contributed by atoms with Crippen LogP contribution in [0.15, 0.2) is 43.0 Å². The van der Waals surface area contributed by atoms with E-state index >= 15 is 0 Å². The first-order valence-corrected chi connectivity index (χ1v) is 5.80. The Hall–Kier alpha value is -1.06. The number of hydrogen-bond acceptors (Lipinski definition) is 2. The lowest BCUT2D eigenvalue weighted by Gasteiger charge is -2.25. The van der Waals surface area contributed by atoms with Crippen LogP contribution in [0.5, 0.6) is 0 Å². The van der Waals surface area contributed by atoms with Crippen molar-refractivity contribution in [3.63, 3.8) is 0 Å². The van der Waals surface area contributed by atoms with E-state index in [1.54, 1.807) is 0 Å². The van der Waals surface area contributed by atoms with Crippen molar-refractivity contribution in [2.24, 2.45) is 0 Å². The van der Waals surface area contributed by atoms with E-state index in [0.29, 0.717) is 0 Å². The zero-order chi connectivity index (χ0) is 11.2. The molecule has 84 valence electrons. The lowest BCUT2D eigenvalue weighted by Crippen LogP contribution is -2.34. The van der Waals surface area contributed by atoms with E-state index in [2.05, 4.69) is 30.8 Å². The Kier molecular flexibility index (Phi) is 4.20. The minimum Gasteiger partial charge on any atom is -0.411 e. The molecular weight excluding hydrogens is 199 g/mol. The Morgan fingerprint density at radius 3 is 2.56 bits per heavy atom. The van der Waals surface area contributed by atoms with Gasteiger partial charge < -0.3 is 9.31 Å². The molecule has 2 nitrogen and oxygen atoms in total. The molecule has 1 heterocycles. The molecule has 0 spiro atoms. The predicted molar refractivity (Wildman–Crippen MR) is 66.4 cm³/mol. The maximum atomic E-state index is 5.61. The van der Waals surface area contributed by atoms with Crippen LogP contribution in [0.4, 0.5) is 0 Å². The van der Waals surface area contributed by atoms with Crippen molar-refractivity contribution in [1.29, 1.82) is 0 Å². The molecule has 1 aromatic carbocycles. The molecule has 1 fully saturated rings. The van der Waals surface area contributed by atoms with E-state index in [0.717, 1.165) is 26.1 Å². The van der Waals surface area contributed by atoms with Crippen molar-refractivity contribution in [3.05, 3.63) is 48.6 Å². The average molecular weight is 216 g/mol. The number of allylic oxidation sites excluding steroid dienone is 1. The van der Waals surface area contributed by atoms with Crippen molar-refractivity contribution < 1.29 is 9.31 Å². The first-order valence-electron chi connectivity index (χ1n) is 5.80. The highest BCUT2D eigenvalue weighted by atomic mass is 16.6. The van der Waals surface area contributed by atoms with Crippen molar-refractivity contribution in [3.8, 4) is 0 Å². The third-order valence-electron chi connectivity index (χ3n) is 2.82. The fourth-order valence-electron chi connectivity index (χ4n) is 1.93. The van der Waals surface area contributed by atoms with Crippen molar-refractivity contribution in [1.82, 2.24) is 0 Å². The summed E-state index contributed by atoms with van der Waals surface area (Å²) in [5.74, 6) is 0.239. The molecule has 1 aliphatic heterocycles. The van der Waals surface area contributed by atoms with Crippen LogP contribution in [0.2, 0.25) is 5.82 Å². The highest BCUT2D eigenvalue weighted by Gasteiger charge is 2.30. The quantitative estimate of drug-likeness (QED) is 0.569. The topological polar surface area (TPSA) is 18.5 Å². The molecule has 3 heteroatoms. The largest absolute Gasteiger partial charge is 0.464 e. The van der Waals surface area contributed by atoms with Crippen molar-refractivity contribution in [2.75, 3.05) is 13.2 Å². The van der Waals surface area contributed by atoms with Gasteiger partial charge in [-0.05, 0) is 18.4 Å². The highest BCUT2D eigenvalue weighted by Crippen LogP contribution is 2.22. The Morgan fingerprint density at radius 2 is 1.94 bits per heavy atom. The van der Waals surface area contributed by atoms with Crippen LogP contribution in [-0.2, 0) is 15.7 Å². The minimum absolute atomic E-state index is 0.119. The van der Waals surface area contributed by atoms with Gasteiger partial charge in [-0.3, -0.25) is 0 Å². The van der Waals surface area contributed by atoms with Gasteiger partial charge in [0.25, 0.3) is 0 Å². The van der Waals surface area contributed by atoms with Gasteiger partial charge in [0.15, 0.2) is 0 Å². The molecule has 1 unspecified atom stereocenters. The summed E-state index contributed by atoms with van der Waals surface area (Å²) in [7, 11) is -0.119. The zero-order valence-corrected chi connectivity index (χ0v) is 9.47. The van der Waals surface area contributed by atoms with Gasteiger partial charge in [-0.25, -0.2) is 0 Å². The monoisotopic (exact) mass is 216 g/mol. The number of rotatable bonds is 4. The zero-order valence-electron chi connectivity index (χ0n) is 9.47. The molecule has 0 aromatic heterocycles. The molecule has 1 saturated heterocycles. The summed E-state index contributed by atoms with van der Waals surface area (Å²) in [6, 6.07) is 10.4. The Morgan fingerprint density at radius 1 is 1.25 bits per heavy atom. The standard InChI is InChI=1S/C13H17BO2/c1-2-13(14-15-9-6-10-16-14)11-12-7-4-3-5-8-12/h2-5,7-8,13H,1,6,9-11H2. The van der Waals surface area contributed by atoms with Crippen LogP contribution in [0.3, 0.4) is 0 Å². The fraction of sp³-hybridized carbons (Fsp3) is 0.385. The van der Waals surface area contributed by atoms with Gasteiger partial charge in [-0.15, -0.1) is 6.58 Å². The molecule has 0 bridgehead atoms. The first-order chi connectivity index (χ1) is 7.90. The van der Waals surface area contributed by atoms with E-state index in [4.69, 9.17) is 9.31 Å². The molecular formula is C13H17BO2. The van der Waals surface area contributed by atoms with Gasteiger partial charge >= 0.3 is 7.12 Å². The average Bonchev–Trinajstić information content (AvgIpc) is 2.38. The molecule has 1 atom stereocenters. The van der Waals surface area contributed by atoms with Crippen LogP contribution in [0.25, 0.3) is 0 Å². The van der Waals surface area contributed by atoms with Gasteiger partial charge in [-0.2, -0.15) is 0 Å². The van der Waals surface area contributed by atoms with E-state index in [-0.39, 0.29) is 12.9 Å². The predicted octanol–water partition coefficient (Wildman–Crippen LogP) is 2.71. The Labute approximate surface area is 97.4 Å². The molecule has 0 amide bonds. The van der Waals surface area contributed by atoms with Crippen LogP contribution in [0, 0.1) is 0 Å². The molecule has 0 N–H and O–H groups in total. The van der Waals surface area contributed by atoms with Crippen molar-refractivity contribution >= 4 is 7.12 Å². The summed E-state index contributed by atoms with van der Waals surface area (Å²) >= 11 is 0. The maximum absolute atomic E-state index is 5.61. The van der Waals surface area contributed by atoms with Gasteiger partial charge in [0.2, 0.25) is 0 Å². The second-order valence-electron chi connectivity index (χ2n) is 4.05. The second kappa shape index (κ2) is 5.87. The van der Waals surface area contributed by atoms with Gasteiger partial charge in [-0.1, -0.05) is 36.4 Å². The maximum Gasteiger partial charge on any atom is 0.464 e. The van der Waals surface area contributed by atoms with E-state index in [9.17, 15) is 0 Å². The van der Waals surface area contributed by atoms with Crippen LogP contribution >= 0.6 is 0 Å². The summed E-state index contributed by atoms with van der Waals surface area (Å²) in [5.41, 5.74) is 1.30. The van der Waals surface area contributed by atoms with E-state index in [1.165, 1.54) is 5.56 Å².